The number of aromatic nitrogens is 2. The van der Waals surface area contributed by atoms with Gasteiger partial charge in [0.1, 0.15) is 17.9 Å². The molecule has 1 aromatic heterocycles. The molecule has 3 heterocycles. The topological polar surface area (TPSA) is 85.7 Å². The first-order valence-corrected chi connectivity index (χ1v) is 11.5. The van der Waals surface area contributed by atoms with Crippen molar-refractivity contribution in [2.75, 3.05) is 19.7 Å². The van der Waals surface area contributed by atoms with E-state index in [1.54, 1.807) is 6.33 Å². The number of imidazole rings is 1. The average molecular weight is 430 g/mol. The van der Waals surface area contributed by atoms with Crippen LogP contribution in [0.15, 0.2) is 59.4 Å². The Kier molecular flexibility index (Phi) is 4.72. The van der Waals surface area contributed by atoms with E-state index in [1.807, 2.05) is 39.8 Å². The normalized spacial score (nSPS) is 24.8. The molecule has 1 amide bonds. The highest BCUT2D eigenvalue weighted by Crippen LogP contribution is 2.32. The number of hydrogen-bond donors (Lipinski definition) is 1. The van der Waals surface area contributed by atoms with Gasteiger partial charge in [0, 0.05) is 31.1 Å². The van der Waals surface area contributed by atoms with Gasteiger partial charge in [0.05, 0.1) is 28.9 Å². The maximum absolute atomic E-state index is 13.2. The molecule has 0 bridgehead atoms. The summed E-state index contributed by atoms with van der Waals surface area (Å²) < 4.78 is 7.90. The summed E-state index contributed by atoms with van der Waals surface area (Å²) in [5, 5.41) is 0. The second-order valence-corrected chi connectivity index (χ2v) is 9.19. The van der Waals surface area contributed by atoms with Gasteiger partial charge in [-0.05, 0) is 55.9 Å². The second-order valence-electron chi connectivity index (χ2n) is 9.19. The number of nitrogens with zero attached hydrogens (tertiary/aromatic N) is 4. The molecule has 2 fully saturated rings. The first-order chi connectivity index (χ1) is 15.7. The highest BCUT2D eigenvalue weighted by molar-refractivity contribution is 6.24. The Morgan fingerprint density at radius 2 is 2.16 bits per heavy atom. The number of benzene rings is 1. The molecule has 0 spiro atoms. The van der Waals surface area contributed by atoms with Gasteiger partial charge in [-0.15, -0.1) is 0 Å². The van der Waals surface area contributed by atoms with Crippen LogP contribution in [0.4, 0.5) is 0 Å². The van der Waals surface area contributed by atoms with Crippen LogP contribution in [0.5, 0.6) is 5.75 Å². The van der Waals surface area contributed by atoms with E-state index in [0.717, 1.165) is 47.8 Å². The molecule has 2 unspecified atom stereocenters. The van der Waals surface area contributed by atoms with Crippen molar-refractivity contribution in [3.8, 4) is 5.75 Å². The van der Waals surface area contributed by atoms with E-state index in [0.29, 0.717) is 24.6 Å². The third-order valence-corrected chi connectivity index (χ3v) is 6.71. The summed E-state index contributed by atoms with van der Waals surface area (Å²) in [6, 6.07) is 6.08. The first-order valence-electron chi connectivity index (χ1n) is 11.5. The van der Waals surface area contributed by atoms with Crippen LogP contribution in [0.3, 0.4) is 0 Å². The number of amides is 1. The summed E-state index contributed by atoms with van der Waals surface area (Å²) in [5.74, 6) is 2.52. The largest absolute Gasteiger partial charge is 0.493 e. The quantitative estimate of drug-likeness (QED) is 0.791. The van der Waals surface area contributed by atoms with Crippen LogP contribution in [-0.2, 0) is 4.79 Å². The Balaban J connectivity index is 1.28. The highest BCUT2D eigenvalue weighted by Gasteiger charge is 2.32. The molecule has 4 aliphatic rings. The smallest absolute Gasteiger partial charge is 0.255 e. The van der Waals surface area contributed by atoms with E-state index < -0.39 is 0 Å². The zero-order valence-electron chi connectivity index (χ0n) is 18.0. The number of aliphatic imine (C=N–C) groups is 1. The van der Waals surface area contributed by atoms with Crippen molar-refractivity contribution in [2.24, 2.45) is 22.6 Å². The van der Waals surface area contributed by atoms with E-state index in [2.05, 4.69) is 17.1 Å². The van der Waals surface area contributed by atoms with Crippen LogP contribution in [0.2, 0.25) is 0 Å². The van der Waals surface area contributed by atoms with Crippen LogP contribution < -0.4 is 10.5 Å². The van der Waals surface area contributed by atoms with Gasteiger partial charge < -0.3 is 15.4 Å². The Hall–Kier alpha value is -3.19. The predicted octanol–water partition coefficient (Wildman–Crippen LogP) is 3.14. The van der Waals surface area contributed by atoms with E-state index in [1.165, 1.54) is 12.8 Å². The summed E-state index contributed by atoms with van der Waals surface area (Å²) in [7, 11) is 0. The number of allylic oxidation sites excluding steroid dienone is 4. The lowest BCUT2D eigenvalue weighted by atomic mass is 9.87. The third-order valence-electron chi connectivity index (χ3n) is 6.71. The van der Waals surface area contributed by atoms with Gasteiger partial charge in [-0.25, -0.2) is 9.98 Å². The van der Waals surface area contributed by atoms with Gasteiger partial charge >= 0.3 is 0 Å². The molecule has 0 radical (unpaired) electrons. The molecule has 2 atom stereocenters. The lowest BCUT2D eigenvalue weighted by Gasteiger charge is -2.27. The van der Waals surface area contributed by atoms with Gasteiger partial charge in [-0.2, -0.15) is 0 Å². The van der Waals surface area contributed by atoms with E-state index in [4.69, 9.17) is 15.5 Å². The molecule has 1 saturated carbocycles. The van der Waals surface area contributed by atoms with Crippen molar-refractivity contribution in [1.82, 2.24) is 14.5 Å². The first kappa shape index (κ1) is 19.5. The second kappa shape index (κ2) is 7.74. The molecule has 2 aromatic rings. The molecule has 6 rings (SSSR count). The zero-order valence-corrected chi connectivity index (χ0v) is 18.0. The molecule has 32 heavy (non-hydrogen) atoms. The molecule has 7 nitrogen and oxygen atoms in total. The van der Waals surface area contributed by atoms with Crippen molar-refractivity contribution in [2.45, 2.75) is 31.7 Å². The number of carbonyl (C=O) groups excluding carboxylic acids is 1. The van der Waals surface area contributed by atoms with Crippen LogP contribution in [0, 0.1) is 11.8 Å². The van der Waals surface area contributed by atoms with Gasteiger partial charge in [0.15, 0.2) is 0 Å². The molecule has 1 saturated heterocycles. The Morgan fingerprint density at radius 1 is 1.25 bits per heavy atom. The zero-order chi connectivity index (χ0) is 21.7. The van der Waals surface area contributed by atoms with E-state index in [9.17, 15) is 4.79 Å². The lowest BCUT2D eigenvalue weighted by Crippen LogP contribution is -2.37. The third kappa shape index (κ3) is 3.56. The van der Waals surface area contributed by atoms with Crippen LogP contribution in [-0.4, -0.2) is 51.8 Å². The Bertz CT molecular complexity index is 1200. The number of fused-ring (bicyclic) bond motifs is 2. The van der Waals surface area contributed by atoms with Crippen LogP contribution >= 0.6 is 0 Å². The molecule has 2 aliphatic carbocycles. The number of hydrogen-bond acceptors (Lipinski definition) is 5. The fourth-order valence-corrected chi connectivity index (χ4v) is 4.64. The minimum absolute atomic E-state index is 0.0280. The number of rotatable bonds is 5. The minimum Gasteiger partial charge on any atom is -0.493 e. The number of carbonyl (C=O) groups is 1. The van der Waals surface area contributed by atoms with Crippen LogP contribution in [0.1, 0.15) is 25.7 Å². The van der Waals surface area contributed by atoms with Gasteiger partial charge in [0.25, 0.3) is 5.91 Å². The predicted molar refractivity (Wildman–Crippen MR) is 124 cm³/mol. The molecule has 164 valence electrons. The molecule has 7 heteroatoms. The number of nitrogens with two attached hydrogens (primary N) is 1. The summed E-state index contributed by atoms with van der Waals surface area (Å²) in [4.78, 5) is 24.6. The molecule has 2 N–H and O–H groups in total. The van der Waals surface area contributed by atoms with Gasteiger partial charge in [-0.3, -0.25) is 9.36 Å². The lowest BCUT2D eigenvalue weighted by molar-refractivity contribution is -0.125. The maximum atomic E-state index is 13.2. The summed E-state index contributed by atoms with van der Waals surface area (Å²) >= 11 is 0. The minimum atomic E-state index is 0.0280. The number of ether oxygens (including phenoxy) is 1. The SMILES string of the molecule is NC1CCN(C(=O)C2=CC=CC3CC=C(n4cnc5cc(OCC6CC6)ccc54)N=C23)C1. The van der Waals surface area contributed by atoms with Gasteiger partial charge in [-0.1, -0.05) is 12.2 Å². The molecular formula is C25H27N5O2. The van der Waals surface area contributed by atoms with Crippen molar-refractivity contribution in [1.29, 1.82) is 0 Å². The summed E-state index contributed by atoms with van der Waals surface area (Å²) in [6.45, 7) is 2.10. The molecular weight excluding hydrogens is 402 g/mol. The summed E-state index contributed by atoms with van der Waals surface area (Å²) in [5.41, 5.74) is 9.39. The van der Waals surface area contributed by atoms with Crippen LogP contribution in [0.25, 0.3) is 16.9 Å². The Morgan fingerprint density at radius 3 is 2.97 bits per heavy atom. The Labute approximate surface area is 186 Å². The fourth-order valence-electron chi connectivity index (χ4n) is 4.64. The van der Waals surface area contributed by atoms with Gasteiger partial charge in [0.2, 0.25) is 0 Å². The van der Waals surface area contributed by atoms with Crippen molar-refractivity contribution in [3.05, 3.63) is 54.4 Å². The maximum Gasteiger partial charge on any atom is 0.255 e. The monoisotopic (exact) mass is 429 g/mol. The molecule has 1 aromatic carbocycles. The van der Waals surface area contributed by atoms with E-state index >= 15 is 0 Å². The summed E-state index contributed by atoms with van der Waals surface area (Å²) in [6.07, 6.45) is 14.1. The standard InChI is InChI=1S/C25H27N5O2/c26-18-10-11-29(13-18)25(31)20-3-1-2-17-6-9-23(28-24(17)20)30-15-27-21-12-19(7-8-22(21)30)32-14-16-4-5-16/h1-3,7-9,12,15-18H,4-6,10-11,13-14,26H2. The van der Waals surface area contributed by atoms with Crippen molar-refractivity contribution < 1.29 is 9.53 Å². The highest BCUT2D eigenvalue weighted by atomic mass is 16.5. The van der Waals surface area contributed by atoms with Crippen molar-refractivity contribution >= 4 is 28.5 Å². The average Bonchev–Trinajstić information content (AvgIpc) is 3.40. The molecule has 2 aliphatic heterocycles. The fraction of sp³-hybridized carbons (Fsp3) is 0.400. The van der Waals surface area contributed by atoms with Crippen molar-refractivity contribution in [3.63, 3.8) is 0 Å². The van der Waals surface area contributed by atoms with E-state index in [-0.39, 0.29) is 17.9 Å². The number of likely N-dealkylation sites (tertiary alicyclic amines) is 1.